The van der Waals surface area contributed by atoms with Crippen molar-refractivity contribution in [3.05, 3.63) is 16.1 Å². The molecule has 18 heavy (non-hydrogen) atoms. The van der Waals surface area contributed by atoms with E-state index in [9.17, 15) is 0 Å². The van der Waals surface area contributed by atoms with Crippen LogP contribution in [0.15, 0.2) is 5.38 Å². The quantitative estimate of drug-likeness (QED) is 0.614. The largest absolute Gasteiger partial charge is 0.247 e. The van der Waals surface area contributed by atoms with Gasteiger partial charge in [-0.2, -0.15) is 0 Å². The van der Waals surface area contributed by atoms with Crippen LogP contribution in [0.3, 0.4) is 0 Å². The van der Waals surface area contributed by atoms with E-state index in [-0.39, 0.29) is 0 Å². The Balaban J connectivity index is 0.000000184. The van der Waals surface area contributed by atoms with Crippen LogP contribution in [-0.4, -0.2) is 4.98 Å². The summed E-state index contributed by atoms with van der Waals surface area (Å²) in [5, 5.41) is 3.32. The normalized spacial score (nSPS) is 28.2. The Morgan fingerprint density at radius 2 is 1.67 bits per heavy atom. The molecule has 1 fully saturated rings. The summed E-state index contributed by atoms with van der Waals surface area (Å²) in [6.45, 7) is 11.3. The maximum Gasteiger partial charge on any atom is 0.0925 e. The second-order valence-electron chi connectivity index (χ2n) is 6.10. The third-order valence-electron chi connectivity index (χ3n) is 3.73. The van der Waals surface area contributed by atoms with E-state index in [2.05, 4.69) is 38.1 Å². The predicted octanol–water partition coefficient (Wildman–Crippen LogP) is 5.48. The van der Waals surface area contributed by atoms with Crippen molar-refractivity contribution in [1.29, 1.82) is 0 Å². The Morgan fingerprint density at radius 1 is 1.11 bits per heavy atom. The lowest BCUT2D eigenvalue weighted by molar-refractivity contribution is 0.404. The van der Waals surface area contributed by atoms with Crippen molar-refractivity contribution in [2.45, 2.75) is 66.7 Å². The van der Waals surface area contributed by atoms with Gasteiger partial charge in [0, 0.05) is 11.1 Å². The molecule has 0 spiro atoms. The smallest absolute Gasteiger partial charge is 0.0925 e. The number of aryl methyl sites for hydroxylation is 2. The first-order valence-electron chi connectivity index (χ1n) is 7.42. The molecule has 0 bridgehead atoms. The number of nitrogens with zero attached hydrogens (tertiary/aromatic N) is 1. The van der Waals surface area contributed by atoms with Crippen molar-refractivity contribution < 1.29 is 0 Å². The fraction of sp³-hybridized carbons (Fsp3) is 0.812. The molecule has 1 saturated carbocycles. The van der Waals surface area contributed by atoms with E-state index in [1.165, 1.54) is 30.7 Å². The maximum atomic E-state index is 4.25. The van der Waals surface area contributed by atoms with Crippen molar-refractivity contribution in [2.24, 2.45) is 17.8 Å². The van der Waals surface area contributed by atoms with Gasteiger partial charge in [-0.25, -0.2) is 4.98 Å². The Labute approximate surface area is 117 Å². The Bertz CT molecular complexity index is 320. The summed E-state index contributed by atoms with van der Waals surface area (Å²) in [5.74, 6) is 2.95. The Kier molecular flexibility index (Phi) is 6.91. The van der Waals surface area contributed by atoms with Gasteiger partial charge in [0.05, 0.1) is 5.01 Å². The fourth-order valence-corrected chi connectivity index (χ4v) is 3.56. The molecule has 3 atom stereocenters. The van der Waals surface area contributed by atoms with Gasteiger partial charge in [-0.1, -0.05) is 40.5 Å². The van der Waals surface area contributed by atoms with Crippen molar-refractivity contribution in [3.63, 3.8) is 0 Å². The SMILES string of the molecule is CC1C[C@H](C)CC[C@H](C)C1.CCc1nc(C)cs1. The average Bonchev–Trinajstić information content (AvgIpc) is 2.66. The van der Waals surface area contributed by atoms with Gasteiger partial charge < -0.3 is 0 Å². The maximum absolute atomic E-state index is 4.25. The van der Waals surface area contributed by atoms with Crippen LogP contribution in [0.5, 0.6) is 0 Å². The molecule has 1 aliphatic rings. The highest BCUT2D eigenvalue weighted by Crippen LogP contribution is 2.30. The molecule has 1 heterocycles. The predicted molar refractivity (Wildman–Crippen MR) is 82.2 cm³/mol. The summed E-state index contributed by atoms with van der Waals surface area (Å²) in [6.07, 6.45) is 6.92. The van der Waals surface area contributed by atoms with Gasteiger partial charge >= 0.3 is 0 Å². The zero-order valence-electron chi connectivity index (χ0n) is 12.7. The van der Waals surface area contributed by atoms with Crippen LogP contribution in [0.2, 0.25) is 0 Å². The van der Waals surface area contributed by atoms with Gasteiger partial charge in [0.15, 0.2) is 0 Å². The second-order valence-corrected chi connectivity index (χ2v) is 7.04. The molecule has 0 aromatic carbocycles. The van der Waals surface area contributed by atoms with Crippen LogP contribution in [0, 0.1) is 24.7 Å². The minimum Gasteiger partial charge on any atom is -0.247 e. The molecule has 1 nitrogen and oxygen atoms in total. The molecule has 2 heteroatoms. The molecular formula is C16H29NS. The van der Waals surface area contributed by atoms with Crippen LogP contribution in [-0.2, 0) is 6.42 Å². The first-order valence-corrected chi connectivity index (χ1v) is 8.30. The minimum absolute atomic E-state index is 0.979. The molecule has 0 amide bonds. The zero-order chi connectivity index (χ0) is 13.5. The van der Waals surface area contributed by atoms with Crippen LogP contribution >= 0.6 is 11.3 Å². The lowest BCUT2D eigenvalue weighted by Gasteiger charge is -2.11. The van der Waals surface area contributed by atoms with Gasteiger partial charge in [-0.15, -0.1) is 11.3 Å². The van der Waals surface area contributed by atoms with Gasteiger partial charge in [0.1, 0.15) is 0 Å². The molecule has 0 N–H and O–H groups in total. The fourth-order valence-electron chi connectivity index (χ4n) is 2.84. The van der Waals surface area contributed by atoms with Gasteiger partial charge in [-0.3, -0.25) is 0 Å². The third kappa shape index (κ3) is 5.99. The molecule has 1 aromatic rings. The first-order chi connectivity index (χ1) is 8.51. The van der Waals surface area contributed by atoms with Crippen molar-refractivity contribution in [2.75, 3.05) is 0 Å². The van der Waals surface area contributed by atoms with E-state index in [1.807, 2.05) is 6.92 Å². The number of rotatable bonds is 1. The number of hydrogen-bond donors (Lipinski definition) is 0. The highest BCUT2D eigenvalue weighted by molar-refractivity contribution is 7.09. The van der Waals surface area contributed by atoms with Crippen molar-refractivity contribution >= 4 is 11.3 Å². The molecule has 1 aromatic heterocycles. The van der Waals surface area contributed by atoms with E-state index < -0.39 is 0 Å². The molecule has 1 aliphatic carbocycles. The molecule has 1 unspecified atom stereocenters. The van der Waals surface area contributed by atoms with Crippen LogP contribution in [0.1, 0.15) is 64.1 Å². The summed E-state index contributed by atoms with van der Waals surface area (Å²) in [7, 11) is 0. The summed E-state index contributed by atoms with van der Waals surface area (Å²) in [4.78, 5) is 4.25. The first kappa shape index (κ1) is 15.7. The van der Waals surface area contributed by atoms with Crippen LogP contribution in [0.25, 0.3) is 0 Å². The van der Waals surface area contributed by atoms with E-state index in [4.69, 9.17) is 0 Å². The number of aromatic nitrogens is 1. The molecule has 2 rings (SSSR count). The Hall–Kier alpha value is -0.370. The summed E-state index contributed by atoms with van der Waals surface area (Å²) in [5.41, 5.74) is 1.15. The van der Waals surface area contributed by atoms with Gasteiger partial charge in [0.25, 0.3) is 0 Å². The lowest BCUT2D eigenvalue weighted by Crippen LogP contribution is -1.99. The van der Waals surface area contributed by atoms with Crippen molar-refractivity contribution in [1.82, 2.24) is 4.98 Å². The average molecular weight is 267 g/mol. The van der Waals surface area contributed by atoms with Gasteiger partial charge in [0.2, 0.25) is 0 Å². The summed E-state index contributed by atoms with van der Waals surface area (Å²) in [6, 6.07) is 0. The van der Waals surface area contributed by atoms with Crippen LogP contribution < -0.4 is 0 Å². The van der Waals surface area contributed by atoms with E-state index in [0.717, 1.165) is 29.9 Å². The summed E-state index contributed by atoms with van der Waals surface area (Å²) < 4.78 is 0. The number of thiazole rings is 1. The lowest BCUT2D eigenvalue weighted by atomic mass is 9.95. The molecule has 0 saturated heterocycles. The topological polar surface area (TPSA) is 12.9 Å². The zero-order valence-corrected chi connectivity index (χ0v) is 13.5. The monoisotopic (exact) mass is 267 g/mol. The minimum atomic E-state index is 0.979. The van der Waals surface area contributed by atoms with Crippen molar-refractivity contribution in [3.8, 4) is 0 Å². The highest BCUT2D eigenvalue weighted by Gasteiger charge is 2.17. The molecule has 0 aliphatic heterocycles. The molecule has 0 radical (unpaired) electrons. The summed E-state index contributed by atoms with van der Waals surface area (Å²) >= 11 is 1.74. The Morgan fingerprint density at radius 3 is 2.00 bits per heavy atom. The molecular weight excluding hydrogens is 238 g/mol. The standard InChI is InChI=1S/C10H20.C6H9NS/c1-8-4-5-9(2)7-10(3)6-8;1-3-6-7-5(2)4-8-6/h8-10H,4-7H2,1-3H3;4H,3H2,1-2H3/t8-,9+,10?;. The molecule has 104 valence electrons. The van der Waals surface area contributed by atoms with Gasteiger partial charge in [-0.05, 0) is 43.9 Å². The third-order valence-corrected chi connectivity index (χ3v) is 4.84. The highest BCUT2D eigenvalue weighted by atomic mass is 32.1. The number of hydrogen-bond acceptors (Lipinski definition) is 2. The van der Waals surface area contributed by atoms with E-state index >= 15 is 0 Å². The second kappa shape index (κ2) is 7.93. The van der Waals surface area contributed by atoms with E-state index in [1.54, 1.807) is 11.3 Å². The van der Waals surface area contributed by atoms with E-state index in [0.29, 0.717) is 0 Å². The van der Waals surface area contributed by atoms with Crippen LogP contribution in [0.4, 0.5) is 0 Å².